The Balaban J connectivity index is 2.15. The molecule has 0 bridgehead atoms. The average Bonchev–Trinajstić information content (AvgIpc) is 3.20. The van der Waals surface area contributed by atoms with Crippen molar-refractivity contribution in [2.45, 2.75) is 63.2 Å². The van der Waals surface area contributed by atoms with Gasteiger partial charge in [-0.1, -0.05) is 38.0 Å². The molecule has 3 rings (SSSR count). The molecule has 0 amide bonds. The van der Waals surface area contributed by atoms with Crippen molar-refractivity contribution in [3.8, 4) is 0 Å². The smallest absolute Gasteiger partial charge is 0.335 e. The van der Waals surface area contributed by atoms with E-state index in [4.69, 9.17) is 0 Å². The van der Waals surface area contributed by atoms with Crippen molar-refractivity contribution >= 4 is 17.3 Å². The molecule has 0 aliphatic heterocycles. The fraction of sp³-hybridized carbons (Fsp3) is 0.500. The number of hydrogen-bond acceptors (Lipinski definition) is 2. The van der Waals surface area contributed by atoms with E-state index in [0.717, 1.165) is 24.2 Å². The summed E-state index contributed by atoms with van der Waals surface area (Å²) in [5.41, 5.74) is -1.82. The molecule has 4 atom stereocenters. The highest BCUT2D eigenvalue weighted by Gasteiger charge is 2.54. The number of carboxylic acids is 1. The van der Waals surface area contributed by atoms with Crippen LogP contribution < -0.4 is 0 Å². The molecule has 0 radical (unpaired) electrons. The number of rotatable bonds is 7. The highest BCUT2D eigenvalue weighted by Crippen LogP contribution is 2.53. The van der Waals surface area contributed by atoms with Gasteiger partial charge in [-0.05, 0) is 48.3 Å². The maximum absolute atomic E-state index is 15.9. The van der Waals surface area contributed by atoms with E-state index < -0.39 is 36.1 Å². The molecule has 1 saturated carbocycles. The zero-order valence-corrected chi connectivity index (χ0v) is 16.9. The lowest BCUT2D eigenvalue weighted by atomic mass is 9.62. The Hall–Kier alpha value is -1.89. The third-order valence-corrected chi connectivity index (χ3v) is 7.11. The Morgan fingerprint density at radius 3 is 2.66 bits per heavy atom. The molecular formula is C22H24F4O2S. The second-order valence-electron chi connectivity index (χ2n) is 7.65. The van der Waals surface area contributed by atoms with E-state index in [1.165, 1.54) is 29.6 Å². The van der Waals surface area contributed by atoms with Gasteiger partial charge in [0.2, 0.25) is 0 Å². The molecule has 1 aromatic carbocycles. The quantitative estimate of drug-likeness (QED) is 0.485. The number of unbranched alkanes of at least 4 members (excludes halogenated alkanes) is 1. The maximum Gasteiger partial charge on any atom is 0.335 e. The number of alkyl halides is 4. The molecule has 0 saturated heterocycles. The van der Waals surface area contributed by atoms with E-state index in [9.17, 15) is 18.7 Å². The van der Waals surface area contributed by atoms with E-state index in [0.29, 0.717) is 12.8 Å². The van der Waals surface area contributed by atoms with Crippen LogP contribution in [-0.2, 0) is 5.41 Å². The van der Waals surface area contributed by atoms with Crippen LogP contribution in [0, 0.1) is 5.92 Å². The van der Waals surface area contributed by atoms with Crippen LogP contribution in [0.25, 0.3) is 0 Å². The topological polar surface area (TPSA) is 37.3 Å². The van der Waals surface area contributed by atoms with Crippen LogP contribution in [0.2, 0.25) is 0 Å². The number of hydrogen-bond donors (Lipinski definition) is 1. The van der Waals surface area contributed by atoms with E-state index in [2.05, 4.69) is 0 Å². The Bertz CT molecular complexity index is 853. The summed E-state index contributed by atoms with van der Waals surface area (Å²) in [5, 5.41) is 10.9. The Labute approximate surface area is 171 Å². The normalized spacial score (nSPS) is 27.3. The van der Waals surface area contributed by atoms with E-state index >= 15 is 8.78 Å². The van der Waals surface area contributed by atoms with Gasteiger partial charge in [0.25, 0.3) is 6.43 Å². The summed E-state index contributed by atoms with van der Waals surface area (Å²) in [6.07, 6.45) is -3.76. The van der Waals surface area contributed by atoms with Gasteiger partial charge in [0.1, 0.15) is 12.3 Å². The minimum Gasteiger partial charge on any atom is -0.478 e. The molecule has 7 heteroatoms. The number of benzene rings is 1. The highest BCUT2D eigenvalue weighted by atomic mass is 32.1. The van der Waals surface area contributed by atoms with Gasteiger partial charge in [0.05, 0.1) is 11.0 Å². The van der Waals surface area contributed by atoms with Crippen molar-refractivity contribution in [1.82, 2.24) is 0 Å². The van der Waals surface area contributed by atoms with Crippen molar-refractivity contribution in [2.24, 2.45) is 5.92 Å². The summed E-state index contributed by atoms with van der Waals surface area (Å²) < 4.78 is 57.5. The second kappa shape index (κ2) is 8.86. The molecule has 0 spiro atoms. The Morgan fingerprint density at radius 1 is 1.31 bits per heavy atom. The zero-order chi connectivity index (χ0) is 21.2. The van der Waals surface area contributed by atoms with Crippen molar-refractivity contribution in [3.63, 3.8) is 0 Å². The maximum atomic E-state index is 15.9. The Morgan fingerprint density at radius 2 is 2.03 bits per heavy atom. The summed E-state index contributed by atoms with van der Waals surface area (Å²) in [4.78, 5) is 12.1. The lowest BCUT2D eigenvalue weighted by molar-refractivity contribution is 0.0150. The molecule has 1 aliphatic carbocycles. The first kappa shape index (κ1) is 21.8. The average molecular weight is 428 g/mol. The first-order chi connectivity index (χ1) is 13.8. The van der Waals surface area contributed by atoms with Gasteiger partial charge >= 0.3 is 5.97 Å². The standard InChI is InChI=1S/C22H24F4O2S/c1-2-3-6-13-9-10-22(19(24)18(13)23,17-11-14(12-29-17)20(25)26)16-8-5-4-7-15(16)21(27)28/h4-5,7-8,11-13,18-20H,2-3,6,9-10H2,1H3,(H,27,28). The number of aromatic carboxylic acids is 1. The van der Waals surface area contributed by atoms with Crippen LogP contribution in [0.3, 0.4) is 0 Å². The molecule has 1 aromatic heterocycles. The SMILES string of the molecule is CCCCC1CCC(c2cc(C(F)F)cs2)(c2ccccc2C(=O)O)C(F)C1F. The van der Waals surface area contributed by atoms with Crippen LogP contribution in [-0.4, -0.2) is 23.4 Å². The van der Waals surface area contributed by atoms with E-state index in [1.807, 2.05) is 6.92 Å². The number of thiophene rings is 1. The predicted molar refractivity (Wildman–Crippen MR) is 105 cm³/mol. The van der Waals surface area contributed by atoms with E-state index in [-0.39, 0.29) is 28.0 Å². The minimum atomic E-state index is -2.73. The molecule has 1 N–H and O–H groups in total. The van der Waals surface area contributed by atoms with Gasteiger partial charge in [-0.15, -0.1) is 11.3 Å². The molecule has 1 fully saturated rings. The van der Waals surface area contributed by atoms with Crippen LogP contribution in [0.15, 0.2) is 35.7 Å². The molecule has 29 heavy (non-hydrogen) atoms. The fourth-order valence-electron chi connectivity index (χ4n) is 4.42. The molecule has 1 aliphatic rings. The van der Waals surface area contributed by atoms with Gasteiger partial charge in [-0.2, -0.15) is 0 Å². The zero-order valence-electron chi connectivity index (χ0n) is 16.1. The summed E-state index contributed by atoms with van der Waals surface area (Å²) >= 11 is 0.944. The third-order valence-electron chi connectivity index (χ3n) is 5.99. The molecule has 2 aromatic rings. The summed E-state index contributed by atoms with van der Waals surface area (Å²) in [5.74, 6) is -1.70. The van der Waals surface area contributed by atoms with Crippen LogP contribution >= 0.6 is 11.3 Å². The van der Waals surface area contributed by atoms with Crippen molar-refractivity contribution in [3.05, 3.63) is 57.3 Å². The molecule has 2 nitrogen and oxygen atoms in total. The van der Waals surface area contributed by atoms with Crippen molar-refractivity contribution in [1.29, 1.82) is 0 Å². The summed E-state index contributed by atoms with van der Waals surface area (Å²) in [6, 6.07) is 7.14. The fourth-order valence-corrected chi connectivity index (χ4v) is 5.60. The summed E-state index contributed by atoms with van der Waals surface area (Å²) in [6.45, 7) is 1.98. The molecule has 4 unspecified atom stereocenters. The van der Waals surface area contributed by atoms with Crippen LogP contribution in [0.1, 0.15) is 71.8 Å². The second-order valence-corrected chi connectivity index (χ2v) is 8.57. The first-order valence-corrected chi connectivity index (χ1v) is 10.7. The molecular weight excluding hydrogens is 404 g/mol. The molecule has 158 valence electrons. The summed E-state index contributed by atoms with van der Waals surface area (Å²) in [7, 11) is 0. The van der Waals surface area contributed by atoms with Crippen LogP contribution in [0.5, 0.6) is 0 Å². The van der Waals surface area contributed by atoms with Crippen LogP contribution in [0.4, 0.5) is 17.6 Å². The van der Waals surface area contributed by atoms with Crippen molar-refractivity contribution in [2.75, 3.05) is 0 Å². The lowest BCUT2D eigenvalue weighted by Gasteiger charge is -2.45. The molecule has 1 heterocycles. The third kappa shape index (κ3) is 3.93. The monoisotopic (exact) mass is 428 g/mol. The van der Waals surface area contributed by atoms with Gasteiger partial charge in [0, 0.05) is 10.4 Å². The number of halogens is 4. The number of carbonyl (C=O) groups is 1. The number of carboxylic acid groups (broad SMARTS) is 1. The first-order valence-electron chi connectivity index (χ1n) is 9.80. The van der Waals surface area contributed by atoms with Gasteiger partial charge < -0.3 is 5.11 Å². The minimum absolute atomic E-state index is 0.124. The van der Waals surface area contributed by atoms with Gasteiger partial charge in [-0.3, -0.25) is 0 Å². The van der Waals surface area contributed by atoms with Gasteiger partial charge in [-0.25, -0.2) is 22.4 Å². The largest absolute Gasteiger partial charge is 0.478 e. The predicted octanol–water partition coefficient (Wildman–Crippen LogP) is 6.95. The van der Waals surface area contributed by atoms with Crippen molar-refractivity contribution < 1.29 is 27.5 Å². The lowest BCUT2D eigenvalue weighted by Crippen LogP contribution is -2.50. The van der Waals surface area contributed by atoms with E-state index in [1.54, 1.807) is 6.07 Å². The van der Waals surface area contributed by atoms with Gasteiger partial charge in [0.15, 0.2) is 0 Å². The Kier molecular flexibility index (Phi) is 6.66. The highest BCUT2D eigenvalue weighted by molar-refractivity contribution is 7.10.